The molecule has 6 heteroatoms. The van der Waals surface area contributed by atoms with E-state index in [0.717, 1.165) is 18.4 Å². The van der Waals surface area contributed by atoms with Crippen molar-refractivity contribution in [1.82, 2.24) is 10.2 Å². The lowest BCUT2D eigenvalue weighted by atomic mass is 10.2. The number of carbonyl (C=O) groups is 2. The average molecular weight is 334 g/mol. The third kappa shape index (κ3) is 5.76. The summed E-state index contributed by atoms with van der Waals surface area (Å²) in [5.74, 6) is 0. The van der Waals surface area contributed by atoms with Gasteiger partial charge in [-0.15, -0.1) is 0 Å². The Bertz CT molecular complexity index is 554. The Hall–Kier alpha value is -2.24. The van der Waals surface area contributed by atoms with Gasteiger partial charge in [0, 0.05) is 13.1 Å². The van der Waals surface area contributed by atoms with Crippen molar-refractivity contribution in [3.05, 3.63) is 35.9 Å². The maximum Gasteiger partial charge on any atom is 0.410 e. The van der Waals surface area contributed by atoms with Crippen molar-refractivity contribution in [2.24, 2.45) is 0 Å². The van der Waals surface area contributed by atoms with Gasteiger partial charge in [-0.3, -0.25) is 0 Å². The highest BCUT2D eigenvalue weighted by atomic mass is 16.6. The maximum absolute atomic E-state index is 12.2. The number of rotatable bonds is 4. The molecule has 0 aromatic heterocycles. The van der Waals surface area contributed by atoms with E-state index in [2.05, 4.69) is 5.32 Å². The maximum atomic E-state index is 12.2. The molecule has 0 bridgehead atoms. The van der Waals surface area contributed by atoms with E-state index in [1.54, 1.807) is 4.90 Å². The minimum atomic E-state index is -0.522. The SMILES string of the molecule is CC(C)(C)OC(=O)N1CCCC1CNC(=O)OCc1ccccc1. The van der Waals surface area contributed by atoms with Crippen LogP contribution in [0.25, 0.3) is 0 Å². The van der Waals surface area contributed by atoms with Crippen LogP contribution in [-0.2, 0) is 16.1 Å². The average Bonchev–Trinajstić information content (AvgIpc) is 2.99. The van der Waals surface area contributed by atoms with Crippen molar-refractivity contribution in [3.8, 4) is 0 Å². The van der Waals surface area contributed by atoms with Crippen molar-refractivity contribution in [3.63, 3.8) is 0 Å². The van der Waals surface area contributed by atoms with Gasteiger partial charge < -0.3 is 19.7 Å². The molecule has 1 heterocycles. The van der Waals surface area contributed by atoms with E-state index in [1.165, 1.54) is 0 Å². The molecular weight excluding hydrogens is 308 g/mol. The summed E-state index contributed by atoms with van der Waals surface area (Å²) in [6.45, 7) is 6.78. The third-order valence-electron chi connectivity index (χ3n) is 3.70. The molecule has 1 aliphatic rings. The van der Waals surface area contributed by atoms with E-state index in [9.17, 15) is 9.59 Å². The van der Waals surface area contributed by atoms with E-state index in [1.807, 2.05) is 51.1 Å². The highest BCUT2D eigenvalue weighted by Crippen LogP contribution is 2.20. The van der Waals surface area contributed by atoms with Gasteiger partial charge in [-0.25, -0.2) is 9.59 Å². The molecule has 1 N–H and O–H groups in total. The summed E-state index contributed by atoms with van der Waals surface area (Å²) in [4.78, 5) is 25.7. The zero-order chi connectivity index (χ0) is 17.6. The van der Waals surface area contributed by atoms with Crippen LogP contribution in [0.5, 0.6) is 0 Å². The molecule has 1 unspecified atom stereocenters. The highest BCUT2D eigenvalue weighted by molar-refractivity contribution is 5.70. The third-order valence-corrected chi connectivity index (χ3v) is 3.70. The Balaban J connectivity index is 1.76. The number of carbonyl (C=O) groups excluding carboxylic acids is 2. The van der Waals surface area contributed by atoms with Crippen LogP contribution in [0.15, 0.2) is 30.3 Å². The van der Waals surface area contributed by atoms with E-state index < -0.39 is 11.7 Å². The van der Waals surface area contributed by atoms with Crippen molar-refractivity contribution >= 4 is 12.2 Å². The zero-order valence-electron chi connectivity index (χ0n) is 14.6. The molecule has 1 fully saturated rings. The van der Waals surface area contributed by atoms with Gasteiger partial charge >= 0.3 is 12.2 Å². The molecule has 1 atom stereocenters. The van der Waals surface area contributed by atoms with Gasteiger partial charge in [-0.05, 0) is 39.2 Å². The minimum absolute atomic E-state index is 0.0517. The number of nitrogens with zero attached hydrogens (tertiary/aromatic N) is 1. The molecule has 0 spiro atoms. The lowest BCUT2D eigenvalue weighted by Crippen LogP contribution is -2.45. The molecule has 24 heavy (non-hydrogen) atoms. The van der Waals surface area contributed by atoms with E-state index in [4.69, 9.17) is 9.47 Å². The Morgan fingerprint density at radius 2 is 1.96 bits per heavy atom. The first kappa shape index (κ1) is 18.1. The van der Waals surface area contributed by atoms with Gasteiger partial charge in [0.05, 0.1) is 6.04 Å². The fraction of sp³-hybridized carbons (Fsp3) is 0.556. The van der Waals surface area contributed by atoms with Gasteiger partial charge in [-0.2, -0.15) is 0 Å². The standard InChI is InChI=1S/C18H26N2O4/c1-18(2,3)24-17(22)20-11-7-10-15(20)12-19-16(21)23-13-14-8-5-4-6-9-14/h4-6,8-9,15H,7,10-13H2,1-3H3,(H,19,21). The summed E-state index contributed by atoms with van der Waals surface area (Å²) in [6, 6.07) is 9.45. The van der Waals surface area contributed by atoms with Crippen LogP contribution >= 0.6 is 0 Å². The molecule has 0 radical (unpaired) electrons. The quantitative estimate of drug-likeness (QED) is 0.917. The van der Waals surface area contributed by atoms with E-state index in [-0.39, 0.29) is 18.7 Å². The molecule has 2 amide bonds. The van der Waals surface area contributed by atoms with Gasteiger partial charge in [0.1, 0.15) is 12.2 Å². The van der Waals surface area contributed by atoms with Crippen LogP contribution in [0.1, 0.15) is 39.2 Å². The first-order valence-electron chi connectivity index (χ1n) is 8.29. The van der Waals surface area contributed by atoms with Gasteiger partial charge in [-0.1, -0.05) is 30.3 Å². The summed E-state index contributed by atoms with van der Waals surface area (Å²) >= 11 is 0. The van der Waals surface area contributed by atoms with Gasteiger partial charge in [0.2, 0.25) is 0 Å². The number of alkyl carbamates (subject to hydrolysis) is 1. The summed E-state index contributed by atoms with van der Waals surface area (Å²) in [6.07, 6.45) is 0.947. The second-order valence-electron chi connectivity index (χ2n) is 6.91. The molecule has 1 aromatic rings. The van der Waals surface area contributed by atoms with Gasteiger partial charge in [0.25, 0.3) is 0 Å². The fourth-order valence-electron chi connectivity index (χ4n) is 2.58. The first-order valence-corrected chi connectivity index (χ1v) is 8.29. The number of ether oxygens (including phenoxy) is 2. The molecule has 0 saturated carbocycles. The number of benzene rings is 1. The lowest BCUT2D eigenvalue weighted by Gasteiger charge is -2.28. The second-order valence-corrected chi connectivity index (χ2v) is 6.91. The van der Waals surface area contributed by atoms with Crippen molar-refractivity contribution in [2.75, 3.05) is 13.1 Å². The summed E-state index contributed by atoms with van der Waals surface area (Å²) < 4.78 is 10.6. The number of hydrogen-bond acceptors (Lipinski definition) is 4. The predicted molar refractivity (Wildman–Crippen MR) is 90.6 cm³/mol. The minimum Gasteiger partial charge on any atom is -0.445 e. The highest BCUT2D eigenvalue weighted by Gasteiger charge is 2.32. The molecule has 132 valence electrons. The number of nitrogens with one attached hydrogen (secondary N) is 1. The molecular formula is C18H26N2O4. The monoisotopic (exact) mass is 334 g/mol. The van der Waals surface area contributed by atoms with E-state index >= 15 is 0 Å². The number of hydrogen-bond donors (Lipinski definition) is 1. The lowest BCUT2D eigenvalue weighted by molar-refractivity contribution is 0.0224. The normalized spacial score (nSPS) is 17.5. The van der Waals surface area contributed by atoms with Crippen LogP contribution < -0.4 is 5.32 Å². The van der Waals surface area contributed by atoms with E-state index in [0.29, 0.717) is 13.1 Å². The second kappa shape index (κ2) is 8.04. The molecule has 2 rings (SSSR count). The molecule has 0 aliphatic carbocycles. The van der Waals surface area contributed by atoms with Gasteiger partial charge in [0.15, 0.2) is 0 Å². The van der Waals surface area contributed by atoms with Crippen LogP contribution in [0.2, 0.25) is 0 Å². The first-order chi connectivity index (χ1) is 11.3. The zero-order valence-corrected chi connectivity index (χ0v) is 14.6. The topological polar surface area (TPSA) is 67.9 Å². The Labute approximate surface area is 143 Å². The van der Waals surface area contributed by atoms with Crippen LogP contribution in [0.4, 0.5) is 9.59 Å². The van der Waals surface area contributed by atoms with Crippen LogP contribution in [-0.4, -0.2) is 41.8 Å². The Kier molecular flexibility index (Phi) is 6.06. The predicted octanol–water partition coefficient (Wildman–Crippen LogP) is 3.31. The summed E-state index contributed by atoms with van der Waals surface area (Å²) in [5, 5.41) is 2.73. The van der Waals surface area contributed by atoms with Crippen molar-refractivity contribution < 1.29 is 19.1 Å². The van der Waals surface area contributed by atoms with Crippen molar-refractivity contribution in [2.45, 2.75) is 51.9 Å². The number of amides is 2. The van der Waals surface area contributed by atoms with Crippen molar-refractivity contribution in [1.29, 1.82) is 0 Å². The smallest absolute Gasteiger partial charge is 0.410 e. The molecule has 1 aliphatic heterocycles. The largest absolute Gasteiger partial charge is 0.445 e. The Morgan fingerprint density at radius 3 is 2.62 bits per heavy atom. The molecule has 6 nitrogen and oxygen atoms in total. The molecule has 1 saturated heterocycles. The summed E-state index contributed by atoms with van der Waals surface area (Å²) in [5.41, 5.74) is 0.413. The fourth-order valence-corrected chi connectivity index (χ4v) is 2.58. The Morgan fingerprint density at radius 1 is 1.25 bits per heavy atom. The molecule has 1 aromatic carbocycles. The van der Waals surface area contributed by atoms with Crippen LogP contribution in [0.3, 0.4) is 0 Å². The van der Waals surface area contributed by atoms with Crippen LogP contribution in [0, 0.1) is 0 Å². The summed E-state index contributed by atoms with van der Waals surface area (Å²) in [7, 11) is 0. The number of likely N-dealkylation sites (tertiary alicyclic amines) is 1.